The molecule has 6 heteroatoms. The molecule has 0 aliphatic rings. The molecule has 2 atom stereocenters. The summed E-state index contributed by atoms with van der Waals surface area (Å²) in [6.07, 6.45) is 2.70. The molecule has 31 heavy (non-hydrogen) atoms. The van der Waals surface area contributed by atoms with Crippen LogP contribution in [0.5, 0.6) is 0 Å². The molecule has 2 aromatic carbocycles. The second-order valence-corrected chi connectivity index (χ2v) is 8.67. The smallest absolute Gasteiger partial charge is 0.275 e. The summed E-state index contributed by atoms with van der Waals surface area (Å²) in [6, 6.07) is 19.4. The van der Waals surface area contributed by atoms with E-state index in [0.29, 0.717) is 11.3 Å². The van der Waals surface area contributed by atoms with E-state index in [1.165, 1.54) is 10.2 Å². The molecule has 4 rings (SSSR count). The van der Waals surface area contributed by atoms with Crippen LogP contribution >= 0.6 is 11.3 Å². The lowest BCUT2D eigenvalue weighted by molar-refractivity contribution is -0.122. The summed E-state index contributed by atoms with van der Waals surface area (Å²) in [6.45, 7) is 4.26. The van der Waals surface area contributed by atoms with Gasteiger partial charge in [-0.1, -0.05) is 62.4 Å². The van der Waals surface area contributed by atoms with Gasteiger partial charge in [-0.3, -0.25) is 9.59 Å². The topological polar surface area (TPSA) is 64.0 Å². The van der Waals surface area contributed by atoms with Gasteiger partial charge in [0.2, 0.25) is 5.91 Å². The van der Waals surface area contributed by atoms with Gasteiger partial charge in [0.25, 0.3) is 5.56 Å². The lowest BCUT2D eigenvalue weighted by Crippen LogP contribution is -2.35. The zero-order valence-corrected chi connectivity index (χ0v) is 18.4. The molecule has 0 saturated carbocycles. The monoisotopic (exact) mass is 431 g/mol. The van der Waals surface area contributed by atoms with Crippen LogP contribution in [-0.4, -0.2) is 15.7 Å². The van der Waals surface area contributed by atoms with E-state index in [9.17, 15) is 9.59 Å². The third kappa shape index (κ3) is 4.59. The summed E-state index contributed by atoms with van der Waals surface area (Å²) < 4.78 is 1.22. The normalized spacial score (nSPS) is 13.1. The van der Waals surface area contributed by atoms with Gasteiger partial charge in [-0.25, -0.2) is 4.68 Å². The summed E-state index contributed by atoms with van der Waals surface area (Å²) >= 11 is 1.60. The zero-order chi connectivity index (χ0) is 21.8. The molecule has 0 radical (unpaired) electrons. The third-order valence-corrected chi connectivity index (χ3v) is 6.58. The minimum absolute atomic E-state index is 0.128. The molecular formula is C25H25N3O2S. The van der Waals surface area contributed by atoms with Gasteiger partial charge in [0, 0.05) is 10.3 Å². The minimum Gasteiger partial charge on any atom is -0.343 e. The number of fused-ring (bicyclic) bond motifs is 1. The molecule has 0 spiro atoms. The number of aromatic nitrogens is 2. The molecule has 2 aromatic heterocycles. The van der Waals surface area contributed by atoms with E-state index in [0.717, 1.165) is 22.2 Å². The summed E-state index contributed by atoms with van der Waals surface area (Å²) in [7, 11) is 0. The largest absolute Gasteiger partial charge is 0.343 e. The molecule has 1 amide bonds. The van der Waals surface area contributed by atoms with E-state index in [1.54, 1.807) is 23.6 Å². The highest BCUT2D eigenvalue weighted by molar-refractivity contribution is 7.10. The van der Waals surface area contributed by atoms with Gasteiger partial charge in [-0.2, -0.15) is 5.10 Å². The number of thiophene rings is 1. The maximum absolute atomic E-state index is 12.9. The van der Waals surface area contributed by atoms with E-state index >= 15 is 0 Å². The fourth-order valence-corrected chi connectivity index (χ4v) is 4.41. The van der Waals surface area contributed by atoms with Crippen LogP contribution in [0.2, 0.25) is 0 Å². The number of amides is 1. The molecule has 0 aliphatic carbocycles. The molecule has 2 heterocycles. The number of carbonyl (C=O) groups is 1. The Morgan fingerprint density at radius 1 is 1.06 bits per heavy atom. The van der Waals surface area contributed by atoms with Gasteiger partial charge < -0.3 is 5.32 Å². The van der Waals surface area contributed by atoms with Crippen LogP contribution in [0.1, 0.15) is 48.2 Å². The third-order valence-electron chi connectivity index (χ3n) is 5.64. The Morgan fingerprint density at radius 2 is 1.81 bits per heavy atom. The van der Waals surface area contributed by atoms with Gasteiger partial charge in [-0.15, -0.1) is 11.3 Å². The highest BCUT2D eigenvalue weighted by Gasteiger charge is 2.19. The maximum Gasteiger partial charge on any atom is 0.275 e. The molecule has 5 nitrogen and oxygen atoms in total. The van der Waals surface area contributed by atoms with Crippen LogP contribution < -0.4 is 10.9 Å². The molecule has 4 aromatic rings. The summed E-state index contributed by atoms with van der Waals surface area (Å²) in [4.78, 5) is 26.6. The van der Waals surface area contributed by atoms with Crippen molar-refractivity contribution >= 4 is 28.0 Å². The van der Waals surface area contributed by atoms with Crippen LogP contribution in [0.25, 0.3) is 10.8 Å². The number of hydrogen-bond donors (Lipinski definition) is 1. The van der Waals surface area contributed by atoms with Gasteiger partial charge in [0.1, 0.15) is 6.54 Å². The van der Waals surface area contributed by atoms with Crippen molar-refractivity contribution in [1.29, 1.82) is 0 Å². The van der Waals surface area contributed by atoms with Crippen molar-refractivity contribution in [3.63, 3.8) is 0 Å². The number of benzene rings is 2. The van der Waals surface area contributed by atoms with Crippen molar-refractivity contribution < 1.29 is 4.79 Å². The minimum atomic E-state index is -0.269. The molecule has 158 valence electrons. The van der Waals surface area contributed by atoms with Crippen LogP contribution in [0.15, 0.2) is 77.0 Å². The molecular weight excluding hydrogens is 406 g/mol. The van der Waals surface area contributed by atoms with E-state index in [1.807, 2.05) is 35.7 Å². The van der Waals surface area contributed by atoms with Gasteiger partial charge in [0.05, 0.1) is 17.6 Å². The Morgan fingerprint density at radius 3 is 2.52 bits per heavy atom. The molecule has 0 unspecified atom stereocenters. The van der Waals surface area contributed by atoms with E-state index < -0.39 is 0 Å². The maximum atomic E-state index is 12.9. The number of rotatable bonds is 7. The Labute approximate surface area is 185 Å². The Bertz CT molecular complexity index is 1230. The number of hydrogen-bond acceptors (Lipinski definition) is 4. The Balaban J connectivity index is 1.57. The first-order valence-corrected chi connectivity index (χ1v) is 11.3. The summed E-state index contributed by atoms with van der Waals surface area (Å²) in [5, 5.41) is 10.6. The van der Waals surface area contributed by atoms with Crippen molar-refractivity contribution in [2.45, 2.75) is 38.8 Å². The number of nitrogens with zero attached hydrogens (tertiary/aromatic N) is 2. The average Bonchev–Trinajstić information content (AvgIpc) is 3.34. The van der Waals surface area contributed by atoms with Crippen LogP contribution in [0, 0.1) is 0 Å². The summed E-state index contributed by atoms with van der Waals surface area (Å²) in [5.74, 6) is 0.240. The first-order valence-electron chi connectivity index (χ1n) is 10.4. The average molecular weight is 432 g/mol. The second kappa shape index (κ2) is 9.27. The standard InChI is InChI=1S/C25H25N3O2S/c1-3-17(2)18-10-12-19(13-11-18)24(22-9-6-14-31-22)27-23(29)16-28-25(30)21-8-5-4-7-20(21)15-26-28/h4-15,17,24H,3,16H2,1-2H3,(H,27,29)/t17-,24-/m1/s1. The van der Waals surface area contributed by atoms with Gasteiger partial charge in [-0.05, 0) is 41.0 Å². The van der Waals surface area contributed by atoms with Crippen LogP contribution in [0.3, 0.4) is 0 Å². The van der Waals surface area contributed by atoms with Crippen molar-refractivity contribution in [3.05, 3.63) is 98.6 Å². The van der Waals surface area contributed by atoms with Gasteiger partial charge >= 0.3 is 0 Å². The predicted molar refractivity (Wildman–Crippen MR) is 125 cm³/mol. The van der Waals surface area contributed by atoms with Crippen molar-refractivity contribution in [1.82, 2.24) is 15.1 Å². The van der Waals surface area contributed by atoms with Crippen LogP contribution in [0.4, 0.5) is 0 Å². The fraction of sp³-hybridized carbons (Fsp3) is 0.240. The fourth-order valence-electron chi connectivity index (χ4n) is 3.61. The lowest BCUT2D eigenvalue weighted by Gasteiger charge is -2.19. The Kier molecular flexibility index (Phi) is 6.28. The van der Waals surface area contributed by atoms with Crippen molar-refractivity contribution in [2.75, 3.05) is 0 Å². The second-order valence-electron chi connectivity index (χ2n) is 7.69. The quantitative estimate of drug-likeness (QED) is 0.454. The molecule has 0 bridgehead atoms. The lowest BCUT2D eigenvalue weighted by atomic mass is 9.95. The van der Waals surface area contributed by atoms with Crippen molar-refractivity contribution in [2.24, 2.45) is 0 Å². The molecule has 0 fully saturated rings. The highest BCUT2D eigenvalue weighted by Crippen LogP contribution is 2.28. The number of carbonyl (C=O) groups excluding carboxylic acids is 1. The summed E-state index contributed by atoms with van der Waals surface area (Å²) in [5.41, 5.74) is 2.04. The zero-order valence-electron chi connectivity index (χ0n) is 17.6. The molecule has 1 N–H and O–H groups in total. The van der Waals surface area contributed by atoms with E-state index in [2.05, 4.69) is 48.5 Å². The predicted octanol–water partition coefficient (Wildman–Crippen LogP) is 4.88. The molecule has 0 saturated heterocycles. The van der Waals surface area contributed by atoms with E-state index in [-0.39, 0.29) is 24.1 Å². The highest BCUT2D eigenvalue weighted by atomic mass is 32.1. The molecule has 0 aliphatic heterocycles. The number of nitrogens with one attached hydrogen (secondary N) is 1. The first kappa shape index (κ1) is 21.0. The first-order chi connectivity index (χ1) is 15.1. The van der Waals surface area contributed by atoms with E-state index in [4.69, 9.17) is 0 Å². The van der Waals surface area contributed by atoms with Gasteiger partial charge in [0.15, 0.2) is 0 Å². The SMILES string of the molecule is CC[C@@H](C)c1ccc([C@@H](NC(=O)Cn2ncc3ccccc3c2=O)c2cccs2)cc1. The Hall–Kier alpha value is -3.25. The van der Waals surface area contributed by atoms with Crippen LogP contribution in [-0.2, 0) is 11.3 Å². The van der Waals surface area contributed by atoms with Crippen molar-refractivity contribution in [3.8, 4) is 0 Å².